The third-order valence-corrected chi connectivity index (χ3v) is 4.13. The molecule has 0 unspecified atom stereocenters. The van der Waals surface area contributed by atoms with Crippen molar-refractivity contribution in [1.82, 2.24) is 5.32 Å². The maximum absolute atomic E-state index is 12.5. The van der Waals surface area contributed by atoms with Crippen molar-refractivity contribution < 1.29 is 24.0 Å². The van der Waals surface area contributed by atoms with Gasteiger partial charge in [-0.05, 0) is 38.1 Å². The van der Waals surface area contributed by atoms with Crippen LogP contribution in [0.1, 0.15) is 30.6 Å². The Morgan fingerprint density at radius 1 is 1.07 bits per heavy atom. The number of amides is 2. The lowest BCUT2D eigenvalue weighted by Gasteiger charge is -2.26. The van der Waals surface area contributed by atoms with Crippen molar-refractivity contribution in [1.29, 1.82) is 0 Å². The van der Waals surface area contributed by atoms with Crippen LogP contribution in [0.5, 0.6) is 0 Å². The van der Waals surface area contributed by atoms with Gasteiger partial charge in [-0.3, -0.25) is 24.5 Å². The first-order valence-corrected chi connectivity index (χ1v) is 9.35. The highest BCUT2D eigenvalue weighted by Gasteiger charge is 2.20. The van der Waals surface area contributed by atoms with Gasteiger partial charge in [0, 0.05) is 36.0 Å². The van der Waals surface area contributed by atoms with Crippen molar-refractivity contribution in [2.45, 2.75) is 26.3 Å². The molecule has 2 aromatic rings. The summed E-state index contributed by atoms with van der Waals surface area (Å²) in [4.78, 5) is 48.0. The van der Waals surface area contributed by atoms with Crippen molar-refractivity contribution in [2.75, 3.05) is 18.1 Å². The van der Waals surface area contributed by atoms with E-state index in [1.165, 1.54) is 24.3 Å². The fraction of sp³-hybridized carbons (Fsp3) is 0.286. The Morgan fingerprint density at radius 2 is 1.70 bits per heavy atom. The van der Waals surface area contributed by atoms with E-state index in [1.54, 1.807) is 17.0 Å². The maximum Gasteiger partial charge on any atom is 0.308 e. The van der Waals surface area contributed by atoms with Crippen LogP contribution in [0.4, 0.5) is 11.4 Å². The fourth-order valence-electron chi connectivity index (χ4n) is 2.72. The van der Waals surface area contributed by atoms with Crippen LogP contribution in [0.15, 0.2) is 54.6 Å². The Hall–Kier alpha value is -3.75. The number of non-ortho nitro benzene ring substituents is 1. The minimum atomic E-state index is -0.621. The van der Waals surface area contributed by atoms with Crippen molar-refractivity contribution in [3.05, 3.63) is 70.3 Å². The van der Waals surface area contributed by atoms with Crippen molar-refractivity contribution in [3.63, 3.8) is 0 Å². The first-order valence-electron chi connectivity index (χ1n) is 9.35. The number of carbonyl (C=O) groups is 3. The second kappa shape index (κ2) is 10.7. The predicted molar refractivity (Wildman–Crippen MR) is 110 cm³/mol. The molecule has 0 saturated heterocycles. The van der Waals surface area contributed by atoms with Crippen LogP contribution in [0, 0.1) is 10.1 Å². The zero-order valence-corrected chi connectivity index (χ0v) is 16.7. The summed E-state index contributed by atoms with van der Waals surface area (Å²) >= 11 is 0. The molecule has 0 aromatic heterocycles. The zero-order valence-electron chi connectivity index (χ0n) is 16.7. The summed E-state index contributed by atoms with van der Waals surface area (Å²) in [6, 6.07) is 14.1. The molecule has 1 N–H and O–H groups in total. The van der Waals surface area contributed by atoms with E-state index in [1.807, 2.05) is 32.0 Å². The zero-order chi connectivity index (χ0) is 22.1. The number of nitro benzene ring substituents is 1. The summed E-state index contributed by atoms with van der Waals surface area (Å²) < 4.78 is 5.03. The van der Waals surface area contributed by atoms with Crippen LogP contribution in [0.2, 0.25) is 0 Å². The molecule has 30 heavy (non-hydrogen) atoms. The highest BCUT2D eigenvalue weighted by molar-refractivity contribution is 5.96. The quantitative estimate of drug-likeness (QED) is 0.384. The van der Waals surface area contributed by atoms with Gasteiger partial charge in [0.1, 0.15) is 0 Å². The van der Waals surface area contributed by atoms with Gasteiger partial charge in [0.25, 0.3) is 17.5 Å². The van der Waals surface area contributed by atoms with Gasteiger partial charge in [-0.2, -0.15) is 0 Å². The molecule has 0 atom stereocenters. The molecule has 0 saturated carbocycles. The van der Waals surface area contributed by atoms with E-state index in [0.29, 0.717) is 5.69 Å². The molecular formula is C21H23N3O6. The fourth-order valence-corrected chi connectivity index (χ4v) is 2.72. The first-order chi connectivity index (χ1) is 14.3. The number of benzene rings is 2. The number of rotatable bonds is 9. The molecule has 2 amide bonds. The lowest BCUT2D eigenvalue weighted by Crippen LogP contribution is -2.40. The standard InChI is InChI=1S/C21H23N3O6/c1-15(2)23(17-6-4-3-5-7-17)19(25)14-30-20(26)12-13-22-21(27)16-8-10-18(11-9-16)24(28)29/h3-11,15H,12-14H2,1-2H3,(H,22,27). The third kappa shape index (κ3) is 6.40. The molecule has 0 spiro atoms. The number of nitrogens with zero attached hydrogens (tertiary/aromatic N) is 2. The SMILES string of the molecule is CC(C)N(C(=O)COC(=O)CCNC(=O)c1ccc([N+](=O)[O-])cc1)c1ccccc1. The van der Waals surface area contributed by atoms with Gasteiger partial charge in [-0.1, -0.05) is 18.2 Å². The Kier molecular flexibility index (Phi) is 8.04. The second-order valence-electron chi connectivity index (χ2n) is 6.66. The molecule has 0 bridgehead atoms. The molecule has 0 aliphatic carbocycles. The van der Waals surface area contributed by atoms with Crippen LogP contribution in [-0.4, -0.2) is 41.9 Å². The summed E-state index contributed by atoms with van der Waals surface area (Å²) in [7, 11) is 0. The van der Waals surface area contributed by atoms with E-state index in [0.717, 1.165) is 0 Å². The van der Waals surface area contributed by atoms with Gasteiger partial charge < -0.3 is 15.0 Å². The van der Waals surface area contributed by atoms with E-state index >= 15 is 0 Å². The van der Waals surface area contributed by atoms with Gasteiger partial charge in [0.05, 0.1) is 11.3 Å². The van der Waals surface area contributed by atoms with Crippen LogP contribution in [0.25, 0.3) is 0 Å². The minimum Gasteiger partial charge on any atom is -0.455 e. The molecule has 2 rings (SSSR count). The highest BCUT2D eigenvalue weighted by Crippen LogP contribution is 2.16. The van der Waals surface area contributed by atoms with Gasteiger partial charge in [-0.15, -0.1) is 0 Å². The molecule has 9 nitrogen and oxygen atoms in total. The van der Waals surface area contributed by atoms with Crippen LogP contribution < -0.4 is 10.2 Å². The topological polar surface area (TPSA) is 119 Å². The number of nitrogens with one attached hydrogen (secondary N) is 1. The van der Waals surface area contributed by atoms with Gasteiger partial charge in [0.2, 0.25) is 0 Å². The normalized spacial score (nSPS) is 10.4. The van der Waals surface area contributed by atoms with E-state index in [2.05, 4.69) is 5.32 Å². The lowest BCUT2D eigenvalue weighted by molar-refractivity contribution is -0.384. The Balaban J connectivity index is 1.78. The molecule has 0 aliphatic rings. The number of anilines is 1. The molecule has 0 aliphatic heterocycles. The molecule has 158 valence electrons. The van der Waals surface area contributed by atoms with Crippen LogP contribution in [-0.2, 0) is 14.3 Å². The summed E-state index contributed by atoms with van der Waals surface area (Å²) in [5.41, 5.74) is 0.828. The van der Waals surface area contributed by atoms with Gasteiger partial charge in [-0.25, -0.2) is 0 Å². The van der Waals surface area contributed by atoms with E-state index < -0.39 is 23.4 Å². The summed E-state index contributed by atoms with van der Waals surface area (Å²) in [6.07, 6.45) is -0.112. The number of ether oxygens (including phenoxy) is 1. The summed E-state index contributed by atoms with van der Waals surface area (Å²) in [6.45, 7) is 3.33. The smallest absolute Gasteiger partial charge is 0.308 e. The van der Waals surface area contributed by atoms with Gasteiger partial charge >= 0.3 is 5.97 Å². The lowest BCUT2D eigenvalue weighted by atomic mass is 10.2. The number of nitro groups is 1. The van der Waals surface area contributed by atoms with E-state index in [9.17, 15) is 24.5 Å². The Bertz CT molecular complexity index is 897. The number of hydrogen-bond acceptors (Lipinski definition) is 6. The predicted octanol–water partition coefficient (Wildman–Crippen LogP) is 2.70. The van der Waals surface area contributed by atoms with Crippen LogP contribution in [0.3, 0.4) is 0 Å². The molecule has 0 heterocycles. The average molecular weight is 413 g/mol. The number of esters is 1. The number of carbonyl (C=O) groups excluding carboxylic acids is 3. The Morgan fingerprint density at radius 3 is 2.27 bits per heavy atom. The van der Waals surface area contributed by atoms with E-state index in [-0.39, 0.29) is 36.2 Å². The van der Waals surface area contributed by atoms with Crippen molar-refractivity contribution >= 4 is 29.2 Å². The monoisotopic (exact) mass is 413 g/mol. The average Bonchev–Trinajstić information content (AvgIpc) is 2.73. The molecule has 2 aromatic carbocycles. The second-order valence-corrected chi connectivity index (χ2v) is 6.66. The van der Waals surface area contributed by atoms with Crippen molar-refractivity contribution in [2.24, 2.45) is 0 Å². The first kappa shape index (κ1) is 22.5. The molecule has 9 heteroatoms. The maximum atomic E-state index is 12.5. The minimum absolute atomic E-state index is 0.00935. The third-order valence-electron chi connectivity index (χ3n) is 4.13. The highest BCUT2D eigenvalue weighted by atomic mass is 16.6. The van der Waals surface area contributed by atoms with Gasteiger partial charge in [0.15, 0.2) is 6.61 Å². The summed E-state index contributed by atoms with van der Waals surface area (Å²) in [5.74, 6) is -1.44. The van der Waals surface area contributed by atoms with Crippen molar-refractivity contribution in [3.8, 4) is 0 Å². The number of hydrogen-bond donors (Lipinski definition) is 1. The Labute approximate surface area is 173 Å². The van der Waals surface area contributed by atoms with Crippen LogP contribution >= 0.6 is 0 Å². The summed E-state index contributed by atoms with van der Waals surface area (Å²) in [5, 5.41) is 13.2. The largest absolute Gasteiger partial charge is 0.455 e. The molecular weight excluding hydrogens is 390 g/mol. The molecule has 0 fully saturated rings. The molecule has 0 radical (unpaired) electrons. The van der Waals surface area contributed by atoms with E-state index in [4.69, 9.17) is 4.74 Å². The number of para-hydroxylation sites is 1.